The highest BCUT2D eigenvalue weighted by Crippen LogP contribution is 2.34. The number of ether oxygens (including phenoxy) is 1. The summed E-state index contributed by atoms with van der Waals surface area (Å²) in [5.74, 6) is 0.876. The fourth-order valence-corrected chi connectivity index (χ4v) is 2.69. The van der Waals surface area contributed by atoms with Crippen LogP contribution in [0.4, 0.5) is 0 Å². The summed E-state index contributed by atoms with van der Waals surface area (Å²) in [7, 11) is 1.66. The summed E-state index contributed by atoms with van der Waals surface area (Å²) in [6.07, 6.45) is 2.07. The summed E-state index contributed by atoms with van der Waals surface area (Å²) in [6.45, 7) is 4.63. The Labute approximate surface area is 120 Å². The molecule has 0 bridgehead atoms. The van der Waals surface area contributed by atoms with Crippen molar-refractivity contribution in [2.45, 2.75) is 38.8 Å². The minimum absolute atomic E-state index is 0.111. The summed E-state index contributed by atoms with van der Waals surface area (Å²) in [4.78, 5) is 14.5. The Hall–Kier alpha value is -1.55. The standard InChI is InChI=1S/C16H24N2O2/c1-11(12(2)17)16(19)18-10-4-5-15(18)13-6-8-14(20-3)9-7-13/h6-9,11-12,15H,4-5,10,17H2,1-3H3. The summed E-state index contributed by atoms with van der Waals surface area (Å²) in [6, 6.07) is 8.06. The van der Waals surface area contributed by atoms with E-state index in [2.05, 4.69) is 0 Å². The Bertz CT molecular complexity index is 456. The maximum absolute atomic E-state index is 12.5. The molecular formula is C16H24N2O2. The minimum atomic E-state index is -0.131. The SMILES string of the molecule is COc1ccc(C2CCCN2C(=O)C(C)C(C)N)cc1. The van der Waals surface area contributed by atoms with E-state index < -0.39 is 0 Å². The van der Waals surface area contributed by atoms with E-state index in [0.29, 0.717) is 0 Å². The first-order valence-corrected chi connectivity index (χ1v) is 7.24. The van der Waals surface area contributed by atoms with Gasteiger partial charge in [-0.25, -0.2) is 0 Å². The normalized spacial score (nSPS) is 21.6. The number of nitrogens with two attached hydrogens (primary N) is 1. The highest BCUT2D eigenvalue weighted by atomic mass is 16.5. The average molecular weight is 276 g/mol. The van der Waals surface area contributed by atoms with Crippen molar-refractivity contribution >= 4 is 5.91 Å². The lowest BCUT2D eigenvalue weighted by molar-refractivity contribution is -0.136. The summed E-state index contributed by atoms with van der Waals surface area (Å²) < 4.78 is 5.18. The van der Waals surface area contributed by atoms with Gasteiger partial charge in [0.15, 0.2) is 0 Å². The molecule has 1 aromatic carbocycles. The first-order valence-electron chi connectivity index (χ1n) is 7.24. The number of carbonyl (C=O) groups excluding carboxylic acids is 1. The molecule has 0 aromatic heterocycles. The third kappa shape index (κ3) is 2.96. The number of hydrogen-bond donors (Lipinski definition) is 1. The molecule has 1 fully saturated rings. The van der Waals surface area contributed by atoms with Gasteiger partial charge >= 0.3 is 0 Å². The molecule has 0 aliphatic carbocycles. The van der Waals surface area contributed by atoms with Crippen molar-refractivity contribution in [2.75, 3.05) is 13.7 Å². The Morgan fingerprint density at radius 1 is 1.35 bits per heavy atom. The van der Waals surface area contributed by atoms with Crippen LogP contribution in [-0.4, -0.2) is 30.5 Å². The first-order chi connectivity index (χ1) is 9.54. The Morgan fingerprint density at radius 3 is 2.55 bits per heavy atom. The molecule has 3 atom stereocenters. The topological polar surface area (TPSA) is 55.6 Å². The van der Waals surface area contributed by atoms with Gasteiger partial charge in [0, 0.05) is 12.6 Å². The zero-order valence-electron chi connectivity index (χ0n) is 12.5. The van der Waals surface area contributed by atoms with Crippen LogP contribution in [0.15, 0.2) is 24.3 Å². The van der Waals surface area contributed by atoms with Crippen LogP contribution in [0.25, 0.3) is 0 Å². The van der Waals surface area contributed by atoms with Gasteiger partial charge < -0.3 is 15.4 Å². The van der Waals surface area contributed by atoms with Crippen molar-refractivity contribution in [3.05, 3.63) is 29.8 Å². The summed E-state index contributed by atoms with van der Waals surface area (Å²) in [5, 5.41) is 0. The summed E-state index contributed by atoms with van der Waals surface area (Å²) >= 11 is 0. The monoisotopic (exact) mass is 276 g/mol. The number of likely N-dealkylation sites (tertiary alicyclic amines) is 1. The molecular weight excluding hydrogens is 252 g/mol. The van der Waals surface area contributed by atoms with E-state index >= 15 is 0 Å². The van der Waals surface area contributed by atoms with Gasteiger partial charge in [-0.2, -0.15) is 0 Å². The van der Waals surface area contributed by atoms with Crippen LogP contribution in [0.5, 0.6) is 5.75 Å². The van der Waals surface area contributed by atoms with Crippen LogP contribution < -0.4 is 10.5 Å². The molecule has 20 heavy (non-hydrogen) atoms. The zero-order chi connectivity index (χ0) is 14.7. The van der Waals surface area contributed by atoms with E-state index in [9.17, 15) is 4.79 Å². The van der Waals surface area contributed by atoms with Gasteiger partial charge in [0.2, 0.25) is 5.91 Å². The van der Waals surface area contributed by atoms with E-state index in [1.54, 1.807) is 7.11 Å². The molecule has 4 heteroatoms. The molecule has 110 valence electrons. The molecule has 2 N–H and O–H groups in total. The van der Waals surface area contributed by atoms with Crippen LogP contribution >= 0.6 is 0 Å². The van der Waals surface area contributed by atoms with Crippen LogP contribution in [0.1, 0.15) is 38.3 Å². The number of rotatable bonds is 4. The fourth-order valence-electron chi connectivity index (χ4n) is 2.69. The average Bonchev–Trinajstić information content (AvgIpc) is 2.95. The van der Waals surface area contributed by atoms with Crippen molar-refractivity contribution in [1.29, 1.82) is 0 Å². The maximum Gasteiger partial charge on any atom is 0.227 e. The van der Waals surface area contributed by atoms with Gasteiger partial charge in [-0.3, -0.25) is 4.79 Å². The molecule has 1 amide bonds. The minimum Gasteiger partial charge on any atom is -0.497 e. The lowest BCUT2D eigenvalue weighted by Gasteiger charge is -2.29. The number of hydrogen-bond acceptors (Lipinski definition) is 3. The van der Waals surface area contributed by atoms with Crippen LogP contribution in [0.3, 0.4) is 0 Å². The highest BCUT2D eigenvalue weighted by molar-refractivity contribution is 5.80. The van der Waals surface area contributed by atoms with Gasteiger partial charge in [-0.1, -0.05) is 19.1 Å². The molecule has 1 aromatic rings. The lowest BCUT2D eigenvalue weighted by atomic mass is 10.00. The largest absolute Gasteiger partial charge is 0.497 e. The predicted octanol–water partition coefficient (Wildman–Crippen LogP) is 2.34. The molecule has 3 unspecified atom stereocenters. The summed E-state index contributed by atoms with van der Waals surface area (Å²) in [5.41, 5.74) is 7.04. The molecule has 0 radical (unpaired) electrons. The van der Waals surface area contributed by atoms with Crippen LogP contribution in [0.2, 0.25) is 0 Å². The van der Waals surface area contributed by atoms with Crippen molar-refractivity contribution in [2.24, 2.45) is 11.7 Å². The predicted molar refractivity (Wildman–Crippen MR) is 79.5 cm³/mol. The number of benzene rings is 1. The molecule has 1 aliphatic rings. The second-order valence-electron chi connectivity index (χ2n) is 5.61. The van der Waals surface area contributed by atoms with Gasteiger partial charge in [0.05, 0.1) is 19.1 Å². The number of carbonyl (C=O) groups is 1. The fraction of sp³-hybridized carbons (Fsp3) is 0.562. The second kappa shape index (κ2) is 6.27. The van der Waals surface area contributed by atoms with Crippen molar-refractivity contribution in [1.82, 2.24) is 4.90 Å². The zero-order valence-corrected chi connectivity index (χ0v) is 12.5. The lowest BCUT2D eigenvalue weighted by Crippen LogP contribution is -2.41. The smallest absolute Gasteiger partial charge is 0.227 e. The van der Waals surface area contributed by atoms with E-state index in [1.807, 2.05) is 43.0 Å². The third-order valence-corrected chi connectivity index (χ3v) is 4.21. The number of nitrogens with zero attached hydrogens (tertiary/aromatic N) is 1. The Kier molecular flexibility index (Phi) is 4.65. The molecule has 1 heterocycles. The molecule has 4 nitrogen and oxygen atoms in total. The number of methoxy groups -OCH3 is 1. The Morgan fingerprint density at radius 2 is 2.00 bits per heavy atom. The second-order valence-corrected chi connectivity index (χ2v) is 5.61. The quantitative estimate of drug-likeness (QED) is 0.918. The molecule has 1 saturated heterocycles. The van der Waals surface area contributed by atoms with E-state index in [0.717, 1.165) is 25.1 Å². The molecule has 2 rings (SSSR count). The van der Waals surface area contributed by atoms with Crippen molar-refractivity contribution < 1.29 is 9.53 Å². The number of amides is 1. The third-order valence-electron chi connectivity index (χ3n) is 4.21. The highest BCUT2D eigenvalue weighted by Gasteiger charge is 2.33. The Balaban J connectivity index is 2.15. The molecule has 1 aliphatic heterocycles. The van der Waals surface area contributed by atoms with Crippen LogP contribution in [-0.2, 0) is 4.79 Å². The van der Waals surface area contributed by atoms with Crippen molar-refractivity contribution in [3.8, 4) is 5.75 Å². The van der Waals surface area contributed by atoms with Gasteiger partial charge in [0.1, 0.15) is 5.75 Å². The maximum atomic E-state index is 12.5. The van der Waals surface area contributed by atoms with Gasteiger partial charge in [0.25, 0.3) is 0 Å². The molecule has 0 saturated carbocycles. The van der Waals surface area contributed by atoms with Gasteiger partial charge in [-0.15, -0.1) is 0 Å². The van der Waals surface area contributed by atoms with Crippen LogP contribution in [0, 0.1) is 5.92 Å². The van der Waals surface area contributed by atoms with Gasteiger partial charge in [-0.05, 0) is 37.5 Å². The first kappa shape index (κ1) is 14.9. The molecule has 0 spiro atoms. The van der Waals surface area contributed by atoms with E-state index in [4.69, 9.17) is 10.5 Å². The van der Waals surface area contributed by atoms with E-state index in [1.165, 1.54) is 5.56 Å². The van der Waals surface area contributed by atoms with E-state index in [-0.39, 0.29) is 23.9 Å². The van der Waals surface area contributed by atoms with Crippen molar-refractivity contribution in [3.63, 3.8) is 0 Å².